The standard InChI is InChI=1S/C13H15NO3/c1-13(2,12(15)16)14-7-6-9-8-10(17-3)4-5-11(9)14/h4-8H,1-3H3,(H,15,16). The monoisotopic (exact) mass is 233 g/mol. The van der Waals surface area contributed by atoms with Crippen molar-refractivity contribution in [2.24, 2.45) is 0 Å². The molecule has 0 radical (unpaired) electrons. The van der Waals surface area contributed by atoms with E-state index in [1.807, 2.05) is 24.3 Å². The van der Waals surface area contributed by atoms with Gasteiger partial charge in [-0.05, 0) is 38.1 Å². The Kier molecular flexibility index (Phi) is 2.58. The molecule has 0 saturated heterocycles. The summed E-state index contributed by atoms with van der Waals surface area (Å²) in [5.41, 5.74) is -0.0747. The molecule has 0 unspecified atom stereocenters. The van der Waals surface area contributed by atoms with E-state index in [1.165, 1.54) is 0 Å². The molecule has 0 aliphatic carbocycles. The Bertz CT molecular complexity index is 569. The molecule has 0 bridgehead atoms. The van der Waals surface area contributed by atoms with Crippen LogP contribution >= 0.6 is 0 Å². The highest BCUT2D eigenvalue weighted by molar-refractivity contribution is 5.85. The zero-order valence-electron chi connectivity index (χ0n) is 10.1. The van der Waals surface area contributed by atoms with Crippen molar-refractivity contribution in [3.63, 3.8) is 0 Å². The van der Waals surface area contributed by atoms with Crippen LogP contribution < -0.4 is 4.74 Å². The highest BCUT2D eigenvalue weighted by Gasteiger charge is 2.29. The molecule has 1 heterocycles. The minimum atomic E-state index is -0.962. The second-order valence-electron chi connectivity index (χ2n) is 4.47. The number of benzene rings is 1. The van der Waals surface area contributed by atoms with Gasteiger partial charge < -0.3 is 14.4 Å². The number of carboxylic acids is 1. The highest BCUT2D eigenvalue weighted by Crippen LogP contribution is 2.27. The molecule has 0 saturated carbocycles. The maximum absolute atomic E-state index is 11.2. The van der Waals surface area contributed by atoms with E-state index < -0.39 is 11.5 Å². The van der Waals surface area contributed by atoms with E-state index in [9.17, 15) is 9.90 Å². The molecule has 0 atom stereocenters. The first-order chi connectivity index (χ1) is 7.96. The molecule has 17 heavy (non-hydrogen) atoms. The van der Waals surface area contributed by atoms with E-state index in [2.05, 4.69) is 0 Å². The zero-order valence-corrected chi connectivity index (χ0v) is 10.1. The molecule has 1 N–H and O–H groups in total. The van der Waals surface area contributed by atoms with E-state index in [0.29, 0.717) is 0 Å². The van der Waals surface area contributed by atoms with Gasteiger partial charge in [-0.1, -0.05) is 0 Å². The van der Waals surface area contributed by atoms with Gasteiger partial charge in [0.1, 0.15) is 11.3 Å². The minimum Gasteiger partial charge on any atom is -0.497 e. The number of rotatable bonds is 3. The van der Waals surface area contributed by atoms with Crippen LogP contribution in [0.25, 0.3) is 10.9 Å². The molecular weight excluding hydrogens is 218 g/mol. The third-order valence-electron chi connectivity index (χ3n) is 3.02. The molecular formula is C13H15NO3. The first kappa shape index (κ1) is 11.5. The molecule has 2 aromatic rings. The summed E-state index contributed by atoms with van der Waals surface area (Å²) in [6.07, 6.45) is 1.79. The topological polar surface area (TPSA) is 51.5 Å². The first-order valence-corrected chi connectivity index (χ1v) is 5.36. The van der Waals surface area contributed by atoms with Gasteiger partial charge >= 0.3 is 5.97 Å². The summed E-state index contributed by atoms with van der Waals surface area (Å²) >= 11 is 0. The summed E-state index contributed by atoms with van der Waals surface area (Å²) in [6.45, 7) is 3.36. The van der Waals surface area contributed by atoms with Crippen LogP contribution in [0.15, 0.2) is 30.5 Å². The summed E-state index contributed by atoms with van der Waals surface area (Å²) in [6, 6.07) is 7.49. The molecule has 0 aliphatic heterocycles. The van der Waals surface area contributed by atoms with Gasteiger partial charge in [0, 0.05) is 17.1 Å². The number of carboxylic acid groups (broad SMARTS) is 1. The van der Waals surface area contributed by atoms with Gasteiger partial charge in [0.2, 0.25) is 0 Å². The lowest BCUT2D eigenvalue weighted by atomic mass is 10.1. The largest absolute Gasteiger partial charge is 0.497 e. The van der Waals surface area contributed by atoms with Gasteiger partial charge in [0.15, 0.2) is 0 Å². The number of hydrogen-bond donors (Lipinski definition) is 1. The van der Waals surface area contributed by atoms with Crippen LogP contribution in [0.4, 0.5) is 0 Å². The fourth-order valence-electron chi connectivity index (χ4n) is 1.84. The number of hydrogen-bond acceptors (Lipinski definition) is 2. The number of aromatic nitrogens is 1. The quantitative estimate of drug-likeness (QED) is 0.886. The Morgan fingerprint density at radius 1 is 1.35 bits per heavy atom. The van der Waals surface area contributed by atoms with Gasteiger partial charge in [-0.25, -0.2) is 4.79 Å². The van der Waals surface area contributed by atoms with E-state index >= 15 is 0 Å². The number of fused-ring (bicyclic) bond motifs is 1. The van der Waals surface area contributed by atoms with E-state index in [4.69, 9.17) is 4.74 Å². The maximum atomic E-state index is 11.2. The number of aliphatic carboxylic acids is 1. The number of ether oxygens (including phenoxy) is 1. The Labute approximate surface area is 99.4 Å². The summed E-state index contributed by atoms with van der Waals surface area (Å²) in [7, 11) is 1.61. The predicted octanol–water partition coefficient (Wildman–Crippen LogP) is 2.47. The molecule has 0 amide bonds. The predicted molar refractivity (Wildman–Crippen MR) is 65.4 cm³/mol. The maximum Gasteiger partial charge on any atom is 0.329 e. The fraction of sp³-hybridized carbons (Fsp3) is 0.308. The van der Waals surface area contributed by atoms with Gasteiger partial charge in [-0.2, -0.15) is 0 Å². The van der Waals surface area contributed by atoms with Crippen molar-refractivity contribution in [2.75, 3.05) is 7.11 Å². The Morgan fingerprint density at radius 2 is 2.06 bits per heavy atom. The molecule has 1 aromatic heterocycles. The van der Waals surface area contributed by atoms with Crippen molar-refractivity contribution in [2.45, 2.75) is 19.4 Å². The Morgan fingerprint density at radius 3 is 2.65 bits per heavy atom. The Hall–Kier alpha value is -1.97. The third-order valence-corrected chi connectivity index (χ3v) is 3.02. The van der Waals surface area contributed by atoms with Crippen LogP contribution in [-0.2, 0) is 10.3 Å². The first-order valence-electron chi connectivity index (χ1n) is 5.36. The van der Waals surface area contributed by atoms with Gasteiger partial charge in [-0.3, -0.25) is 0 Å². The van der Waals surface area contributed by atoms with Crippen molar-refractivity contribution in [1.82, 2.24) is 4.57 Å². The molecule has 90 valence electrons. The number of nitrogens with zero attached hydrogens (tertiary/aromatic N) is 1. The molecule has 1 aromatic carbocycles. The average molecular weight is 233 g/mol. The van der Waals surface area contributed by atoms with Crippen LogP contribution in [0.1, 0.15) is 13.8 Å². The molecule has 4 heteroatoms. The van der Waals surface area contributed by atoms with Crippen molar-refractivity contribution in [3.8, 4) is 5.75 Å². The lowest BCUT2D eigenvalue weighted by molar-refractivity contribution is -0.145. The molecule has 0 aliphatic rings. The van der Waals surface area contributed by atoms with E-state index in [0.717, 1.165) is 16.7 Å². The molecule has 0 spiro atoms. The summed E-state index contributed by atoms with van der Waals surface area (Å²) in [4.78, 5) is 11.2. The van der Waals surface area contributed by atoms with Crippen molar-refractivity contribution < 1.29 is 14.6 Å². The van der Waals surface area contributed by atoms with Gasteiger partial charge in [0.05, 0.1) is 7.11 Å². The van der Waals surface area contributed by atoms with Crippen LogP contribution in [-0.4, -0.2) is 22.8 Å². The van der Waals surface area contributed by atoms with E-state index in [1.54, 1.807) is 31.7 Å². The van der Waals surface area contributed by atoms with Crippen LogP contribution in [0.3, 0.4) is 0 Å². The fourth-order valence-corrected chi connectivity index (χ4v) is 1.84. The van der Waals surface area contributed by atoms with Crippen molar-refractivity contribution in [3.05, 3.63) is 30.5 Å². The Balaban J connectivity index is 2.61. The lowest BCUT2D eigenvalue weighted by Gasteiger charge is -2.22. The number of carbonyl (C=O) groups is 1. The summed E-state index contributed by atoms with van der Waals surface area (Å²) < 4.78 is 6.89. The highest BCUT2D eigenvalue weighted by atomic mass is 16.5. The summed E-state index contributed by atoms with van der Waals surface area (Å²) in [5, 5.41) is 10.2. The number of methoxy groups -OCH3 is 1. The molecule has 4 nitrogen and oxygen atoms in total. The average Bonchev–Trinajstić information content (AvgIpc) is 2.71. The summed E-state index contributed by atoms with van der Waals surface area (Å²) in [5.74, 6) is -0.0887. The normalized spacial score (nSPS) is 11.7. The lowest BCUT2D eigenvalue weighted by Crippen LogP contribution is -2.34. The second kappa shape index (κ2) is 3.80. The van der Waals surface area contributed by atoms with Crippen LogP contribution in [0.5, 0.6) is 5.75 Å². The SMILES string of the molecule is COc1ccc2c(ccn2C(C)(C)C(=O)O)c1. The van der Waals surface area contributed by atoms with Gasteiger partial charge in [-0.15, -0.1) is 0 Å². The minimum absolute atomic E-state index is 0.767. The second-order valence-corrected chi connectivity index (χ2v) is 4.47. The van der Waals surface area contributed by atoms with Crippen molar-refractivity contribution in [1.29, 1.82) is 0 Å². The van der Waals surface area contributed by atoms with E-state index in [-0.39, 0.29) is 0 Å². The van der Waals surface area contributed by atoms with Gasteiger partial charge in [0.25, 0.3) is 0 Å². The zero-order chi connectivity index (χ0) is 12.6. The molecule has 2 rings (SSSR count). The van der Waals surface area contributed by atoms with Crippen LogP contribution in [0.2, 0.25) is 0 Å². The van der Waals surface area contributed by atoms with Crippen LogP contribution in [0, 0.1) is 0 Å². The smallest absolute Gasteiger partial charge is 0.329 e. The van der Waals surface area contributed by atoms with Crippen molar-refractivity contribution >= 4 is 16.9 Å². The molecule has 0 fully saturated rings. The third kappa shape index (κ3) is 1.75.